The van der Waals surface area contributed by atoms with E-state index >= 15 is 0 Å². The fraction of sp³-hybridized carbons (Fsp3) is 0.412. The monoisotopic (exact) mass is 448 g/mol. The van der Waals surface area contributed by atoms with Crippen molar-refractivity contribution >= 4 is 27.5 Å². The van der Waals surface area contributed by atoms with Crippen molar-refractivity contribution in [3.8, 4) is 0 Å². The summed E-state index contributed by atoms with van der Waals surface area (Å²) < 4.78 is 52.7. The van der Waals surface area contributed by atoms with Crippen molar-refractivity contribution in [3.63, 3.8) is 0 Å². The Balaban J connectivity index is 1.63. The van der Waals surface area contributed by atoms with Gasteiger partial charge in [-0.25, -0.2) is 4.39 Å². The number of piperazine rings is 1. The minimum absolute atomic E-state index is 0.149. The van der Waals surface area contributed by atoms with Crippen molar-refractivity contribution in [2.24, 2.45) is 0 Å². The van der Waals surface area contributed by atoms with Gasteiger partial charge < -0.3 is 9.80 Å². The number of alkyl halides is 3. The fourth-order valence-corrected chi connectivity index (χ4v) is 3.46. The Morgan fingerprint density at radius 1 is 1.15 bits per heavy atom. The van der Waals surface area contributed by atoms with E-state index in [1.165, 1.54) is 19.1 Å². The molecule has 0 spiro atoms. The molecule has 2 aromatic rings. The summed E-state index contributed by atoms with van der Waals surface area (Å²) in [4.78, 5) is 16.1. The van der Waals surface area contributed by atoms with Crippen LogP contribution >= 0.6 is 15.9 Å². The zero-order valence-corrected chi connectivity index (χ0v) is 16.0. The molecule has 27 heavy (non-hydrogen) atoms. The van der Waals surface area contributed by atoms with Crippen LogP contribution in [0.25, 0.3) is 0 Å². The lowest BCUT2D eigenvalue weighted by Crippen LogP contribution is -2.49. The Morgan fingerprint density at radius 3 is 2.26 bits per heavy atom. The summed E-state index contributed by atoms with van der Waals surface area (Å²) in [7, 11) is 0. The molecule has 10 heteroatoms. The average molecular weight is 449 g/mol. The summed E-state index contributed by atoms with van der Waals surface area (Å²) in [6.45, 7) is 3.22. The van der Waals surface area contributed by atoms with Gasteiger partial charge in [0.05, 0.1) is 10.2 Å². The van der Waals surface area contributed by atoms with Gasteiger partial charge in [0.2, 0.25) is 5.91 Å². The highest BCUT2D eigenvalue weighted by Gasteiger charge is 2.38. The van der Waals surface area contributed by atoms with Crippen molar-refractivity contribution in [3.05, 3.63) is 45.9 Å². The number of benzene rings is 1. The first kappa shape index (κ1) is 19.7. The highest BCUT2D eigenvalue weighted by Crippen LogP contribution is 2.35. The Morgan fingerprint density at radius 2 is 1.74 bits per heavy atom. The molecule has 0 bridgehead atoms. The van der Waals surface area contributed by atoms with Gasteiger partial charge in [-0.15, -0.1) is 0 Å². The number of carbonyl (C=O) groups excluding carboxylic acids is 1. The molecule has 1 aliphatic rings. The maximum absolute atomic E-state index is 13.0. The van der Waals surface area contributed by atoms with Gasteiger partial charge >= 0.3 is 6.18 Å². The lowest BCUT2D eigenvalue weighted by atomic mass is 10.2. The van der Waals surface area contributed by atoms with Crippen LogP contribution < -0.4 is 4.90 Å². The predicted molar refractivity (Wildman–Crippen MR) is 94.9 cm³/mol. The van der Waals surface area contributed by atoms with Crippen LogP contribution in [0, 0.1) is 12.7 Å². The van der Waals surface area contributed by atoms with Crippen LogP contribution in [-0.2, 0) is 17.5 Å². The lowest BCUT2D eigenvalue weighted by Gasteiger charge is -2.36. The smallest absolute Gasteiger partial charge is 0.368 e. The van der Waals surface area contributed by atoms with Gasteiger partial charge in [0.25, 0.3) is 0 Å². The summed E-state index contributed by atoms with van der Waals surface area (Å²) >= 11 is 2.90. The Hall–Kier alpha value is -2.10. The second-order valence-corrected chi connectivity index (χ2v) is 7.04. The first-order valence-corrected chi connectivity index (χ1v) is 9.04. The zero-order chi connectivity index (χ0) is 19.8. The maximum atomic E-state index is 13.0. The molecule has 146 valence electrons. The van der Waals surface area contributed by atoms with Crippen LogP contribution in [0.5, 0.6) is 0 Å². The Bertz CT molecular complexity index is 827. The summed E-state index contributed by atoms with van der Waals surface area (Å²) in [5.74, 6) is -0.605. The second-order valence-electron chi connectivity index (χ2n) is 6.25. The highest BCUT2D eigenvalue weighted by atomic mass is 79.9. The van der Waals surface area contributed by atoms with Gasteiger partial charge in [-0.2, -0.15) is 18.3 Å². The van der Waals surface area contributed by atoms with Gasteiger partial charge in [-0.05, 0) is 47.1 Å². The van der Waals surface area contributed by atoms with Crippen LogP contribution in [0.3, 0.4) is 0 Å². The van der Waals surface area contributed by atoms with E-state index in [2.05, 4.69) is 21.0 Å². The normalized spacial score (nSPS) is 15.3. The molecule has 1 saturated heterocycles. The molecule has 0 aliphatic carbocycles. The van der Waals surface area contributed by atoms with Gasteiger partial charge in [0.15, 0.2) is 5.69 Å². The lowest BCUT2D eigenvalue weighted by molar-refractivity contribution is -0.142. The number of carbonyl (C=O) groups is 1. The van der Waals surface area contributed by atoms with E-state index in [1.54, 1.807) is 17.0 Å². The van der Waals surface area contributed by atoms with Crippen molar-refractivity contribution in [2.45, 2.75) is 19.6 Å². The third-order valence-corrected chi connectivity index (χ3v) is 5.46. The SMILES string of the molecule is Cc1c(Br)c(C(F)(F)F)nn1CC(=O)N1CCN(c2ccc(F)cc2)CC1. The summed E-state index contributed by atoms with van der Waals surface area (Å²) in [5.41, 5.74) is 0.0831. The van der Waals surface area contributed by atoms with E-state index in [0.29, 0.717) is 26.2 Å². The summed E-state index contributed by atoms with van der Waals surface area (Å²) in [5, 5.41) is 3.54. The quantitative estimate of drug-likeness (QED) is 0.675. The third-order valence-electron chi connectivity index (χ3n) is 4.51. The van der Waals surface area contributed by atoms with Crippen molar-refractivity contribution in [2.75, 3.05) is 31.1 Å². The van der Waals surface area contributed by atoms with E-state index in [0.717, 1.165) is 10.4 Å². The largest absolute Gasteiger partial charge is 0.436 e. The molecule has 1 amide bonds. The van der Waals surface area contributed by atoms with Crippen LogP contribution in [0.4, 0.5) is 23.2 Å². The topological polar surface area (TPSA) is 41.4 Å². The van der Waals surface area contributed by atoms with Crippen LogP contribution in [0.1, 0.15) is 11.4 Å². The highest BCUT2D eigenvalue weighted by molar-refractivity contribution is 9.10. The molecule has 5 nitrogen and oxygen atoms in total. The molecule has 1 fully saturated rings. The van der Waals surface area contributed by atoms with E-state index in [9.17, 15) is 22.4 Å². The number of rotatable bonds is 3. The van der Waals surface area contributed by atoms with Gasteiger partial charge in [0.1, 0.15) is 12.4 Å². The molecule has 2 heterocycles. The molecule has 0 unspecified atom stereocenters. The zero-order valence-electron chi connectivity index (χ0n) is 14.4. The van der Waals surface area contributed by atoms with Crippen LogP contribution in [0.15, 0.2) is 28.7 Å². The molecule has 0 N–H and O–H groups in total. The number of amides is 1. The van der Waals surface area contributed by atoms with E-state index in [4.69, 9.17) is 0 Å². The summed E-state index contributed by atoms with van der Waals surface area (Å²) in [6.07, 6.45) is -4.58. The minimum Gasteiger partial charge on any atom is -0.368 e. The standard InChI is InChI=1S/C17H17BrF4N4O/c1-11-15(18)16(17(20,21)22)23-26(11)10-14(27)25-8-6-24(7-9-25)13-4-2-12(19)3-5-13/h2-5H,6-10H2,1H3. The molecule has 1 aromatic heterocycles. The number of hydrogen-bond acceptors (Lipinski definition) is 3. The van der Waals surface area contributed by atoms with E-state index in [-0.39, 0.29) is 28.4 Å². The molecule has 0 radical (unpaired) electrons. The van der Waals surface area contributed by atoms with Crippen molar-refractivity contribution in [1.29, 1.82) is 0 Å². The Labute approximate surface area is 161 Å². The number of anilines is 1. The van der Waals surface area contributed by atoms with Gasteiger partial charge in [0, 0.05) is 31.9 Å². The third kappa shape index (κ3) is 4.26. The first-order valence-electron chi connectivity index (χ1n) is 8.25. The molecule has 0 atom stereocenters. The molecular weight excluding hydrogens is 432 g/mol. The molecule has 3 rings (SSSR count). The van der Waals surface area contributed by atoms with Crippen LogP contribution in [0.2, 0.25) is 0 Å². The number of nitrogens with zero attached hydrogens (tertiary/aromatic N) is 4. The molecule has 1 aromatic carbocycles. The molecule has 0 saturated carbocycles. The van der Waals surface area contributed by atoms with E-state index < -0.39 is 11.9 Å². The average Bonchev–Trinajstić information content (AvgIpc) is 2.91. The van der Waals surface area contributed by atoms with Crippen LogP contribution in [-0.4, -0.2) is 46.8 Å². The fourth-order valence-electron chi connectivity index (χ4n) is 2.95. The number of halogens is 5. The molecular formula is C17H17BrF4N4O. The number of hydrogen-bond donors (Lipinski definition) is 0. The van der Waals surface area contributed by atoms with E-state index in [1.807, 2.05) is 4.90 Å². The first-order chi connectivity index (χ1) is 12.7. The van der Waals surface area contributed by atoms with Crippen molar-refractivity contribution in [1.82, 2.24) is 14.7 Å². The van der Waals surface area contributed by atoms with Crippen molar-refractivity contribution < 1.29 is 22.4 Å². The Kier molecular flexibility index (Phi) is 5.45. The maximum Gasteiger partial charge on any atom is 0.436 e. The van der Waals surface area contributed by atoms with Gasteiger partial charge in [-0.1, -0.05) is 0 Å². The minimum atomic E-state index is -4.58. The second kappa shape index (κ2) is 7.49. The molecule has 1 aliphatic heterocycles. The number of aromatic nitrogens is 2. The van der Waals surface area contributed by atoms with Gasteiger partial charge in [-0.3, -0.25) is 9.48 Å². The summed E-state index contributed by atoms with van der Waals surface area (Å²) in [6, 6.07) is 6.11. The predicted octanol–water partition coefficient (Wildman–Crippen LogP) is 3.46.